The fourth-order valence-electron chi connectivity index (χ4n) is 2.22. The van der Waals surface area contributed by atoms with Gasteiger partial charge in [0.1, 0.15) is 0 Å². The van der Waals surface area contributed by atoms with Gasteiger partial charge in [-0.15, -0.1) is 0 Å². The van der Waals surface area contributed by atoms with Gasteiger partial charge >= 0.3 is 0 Å². The molecule has 0 aromatic heterocycles. The van der Waals surface area contributed by atoms with Crippen molar-refractivity contribution in [3.63, 3.8) is 0 Å². The van der Waals surface area contributed by atoms with E-state index in [-0.39, 0.29) is 6.17 Å². The summed E-state index contributed by atoms with van der Waals surface area (Å²) >= 11 is 0. The zero-order chi connectivity index (χ0) is 15.3. The Hall–Kier alpha value is -1.27. The van der Waals surface area contributed by atoms with E-state index >= 15 is 0 Å². The molecular formula is C14H25N3O2S. The number of anilines is 2. The number of nitrogen functional groups attached to an aromatic ring is 1. The van der Waals surface area contributed by atoms with Gasteiger partial charge in [0.15, 0.2) is 0 Å². The lowest BCUT2D eigenvalue weighted by Gasteiger charge is -2.33. The lowest BCUT2D eigenvalue weighted by atomic mass is 10.1. The Bertz CT molecular complexity index is 543. The summed E-state index contributed by atoms with van der Waals surface area (Å²) in [6, 6.07) is 5.78. The van der Waals surface area contributed by atoms with Crippen molar-refractivity contribution in [2.45, 2.75) is 39.8 Å². The molecule has 0 radical (unpaired) electrons. The van der Waals surface area contributed by atoms with E-state index in [4.69, 9.17) is 5.73 Å². The van der Waals surface area contributed by atoms with E-state index in [1.54, 1.807) is 0 Å². The second-order valence-corrected chi connectivity index (χ2v) is 6.80. The van der Waals surface area contributed by atoms with Crippen molar-refractivity contribution >= 4 is 21.4 Å². The Kier molecular flexibility index (Phi) is 5.83. The van der Waals surface area contributed by atoms with Crippen LogP contribution in [0.3, 0.4) is 0 Å². The van der Waals surface area contributed by atoms with Crippen LogP contribution in [0.1, 0.15) is 32.3 Å². The maximum absolute atomic E-state index is 11.5. The number of nitrogens with zero attached hydrogens (tertiary/aromatic N) is 1. The first-order valence-electron chi connectivity index (χ1n) is 6.88. The number of hydrogen-bond donors (Lipinski definition) is 2. The van der Waals surface area contributed by atoms with Crippen LogP contribution in [0.25, 0.3) is 0 Å². The Morgan fingerprint density at radius 2 is 2.00 bits per heavy atom. The second kappa shape index (κ2) is 6.95. The fraction of sp³-hybridized carbons (Fsp3) is 0.571. The molecule has 0 aliphatic heterocycles. The van der Waals surface area contributed by atoms with Gasteiger partial charge in [0.25, 0.3) is 0 Å². The molecule has 0 saturated carbocycles. The molecule has 1 rings (SSSR count). The molecule has 3 N–H and O–H groups in total. The predicted octanol–water partition coefficient (Wildman–Crippen LogP) is 2.08. The summed E-state index contributed by atoms with van der Waals surface area (Å²) < 4.78 is 25.8. The topological polar surface area (TPSA) is 75.4 Å². The molecule has 5 nitrogen and oxygen atoms in total. The van der Waals surface area contributed by atoms with Gasteiger partial charge in [0.2, 0.25) is 10.0 Å². The van der Waals surface area contributed by atoms with Gasteiger partial charge < -0.3 is 10.6 Å². The second-order valence-electron chi connectivity index (χ2n) is 5.02. The van der Waals surface area contributed by atoms with E-state index < -0.39 is 10.0 Å². The van der Waals surface area contributed by atoms with Crippen molar-refractivity contribution in [2.24, 2.45) is 0 Å². The maximum atomic E-state index is 11.5. The van der Waals surface area contributed by atoms with Gasteiger partial charge in [-0.25, -0.2) is 8.42 Å². The largest absolute Gasteiger partial charge is 0.399 e. The van der Waals surface area contributed by atoms with Gasteiger partial charge in [0.05, 0.1) is 12.4 Å². The van der Waals surface area contributed by atoms with Crippen molar-refractivity contribution in [1.29, 1.82) is 0 Å². The summed E-state index contributed by atoms with van der Waals surface area (Å²) in [4.78, 5) is 2.05. The SMILES string of the molecule is CCCC(NS(C)(=O)=O)N(CC)c1ccc(N)c(C)c1. The molecule has 1 atom stereocenters. The minimum Gasteiger partial charge on any atom is -0.399 e. The van der Waals surface area contributed by atoms with Crippen LogP contribution in [0.5, 0.6) is 0 Å². The van der Waals surface area contributed by atoms with Crippen LogP contribution in [0.4, 0.5) is 11.4 Å². The van der Waals surface area contributed by atoms with Gasteiger partial charge in [-0.1, -0.05) is 13.3 Å². The van der Waals surface area contributed by atoms with Crippen molar-refractivity contribution in [2.75, 3.05) is 23.4 Å². The van der Waals surface area contributed by atoms with Crippen LogP contribution >= 0.6 is 0 Å². The number of rotatable bonds is 7. The molecule has 20 heavy (non-hydrogen) atoms. The summed E-state index contributed by atoms with van der Waals surface area (Å²) in [6.07, 6.45) is 2.61. The molecule has 114 valence electrons. The molecule has 1 aromatic carbocycles. The molecule has 6 heteroatoms. The van der Waals surface area contributed by atoms with Gasteiger partial charge in [-0.3, -0.25) is 0 Å². The summed E-state index contributed by atoms with van der Waals surface area (Å²) in [5, 5.41) is 0. The first-order chi connectivity index (χ1) is 9.28. The molecule has 0 fully saturated rings. The molecule has 0 saturated heterocycles. The first kappa shape index (κ1) is 16.8. The van der Waals surface area contributed by atoms with Crippen molar-refractivity contribution in [3.8, 4) is 0 Å². The molecule has 0 amide bonds. The standard InChI is InChI=1S/C14H25N3O2S/c1-5-7-14(16-20(4,18)19)17(6-2)12-8-9-13(15)11(3)10-12/h8-10,14,16H,5-7,15H2,1-4H3. The predicted molar refractivity (Wildman–Crippen MR) is 85.3 cm³/mol. The van der Waals surface area contributed by atoms with Crippen molar-refractivity contribution in [1.82, 2.24) is 4.72 Å². The fourth-order valence-corrected chi connectivity index (χ4v) is 2.96. The summed E-state index contributed by atoms with van der Waals surface area (Å²) in [5.41, 5.74) is 8.56. The third kappa shape index (κ3) is 4.68. The van der Waals surface area contributed by atoms with E-state index in [0.717, 1.165) is 36.3 Å². The molecule has 0 bridgehead atoms. The van der Waals surface area contributed by atoms with Gasteiger partial charge in [0, 0.05) is 17.9 Å². The van der Waals surface area contributed by atoms with Crippen LogP contribution in [-0.4, -0.2) is 27.4 Å². The summed E-state index contributed by atoms with van der Waals surface area (Å²) in [7, 11) is -3.24. The van der Waals surface area contributed by atoms with Crippen molar-refractivity contribution < 1.29 is 8.42 Å². The first-order valence-corrected chi connectivity index (χ1v) is 8.77. The lowest BCUT2D eigenvalue weighted by molar-refractivity contribution is 0.506. The number of nitrogens with one attached hydrogen (secondary N) is 1. The molecule has 1 unspecified atom stereocenters. The van der Waals surface area contributed by atoms with E-state index in [0.29, 0.717) is 0 Å². The van der Waals surface area contributed by atoms with Crippen LogP contribution in [0.15, 0.2) is 18.2 Å². The van der Waals surface area contributed by atoms with Crippen LogP contribution in [0, 0.1) is 6.92 Å². The minimum absolute atomic E-state index is 0.233. The molecule has 0 aliphatic rings. The zero-order valence-electron chi connectivity index (χ0n) is 12.7. The number of nitrogens with two attached hydrogens (primary N) is 1. The number of hydrogen-bond acceptors (Lipinski definition) is 4. The van der Waals surface area contributed by atoms with E-state index in [1.165, 1.54) is 6.26 Å². The summed E-state index contributed by atoms with van der Waals surface area (Å²) in [5.74, 6) is 0. The Labute approximate surface area is 122 Å². The highest BCUT2D eigenvalue weighted by Gasteiger charge is 2.20. The number of benzene rings is 1. The van der Waals surface area contributed by atoms with Crippen LogP contribution in [0.2, 0.25) is 0 Å². The summed E-state index contributed by atoms with van der Waals surface area (Å²) in [6.45, 7) is 6.72. The molecule has 0 aliphatic carbocycles. The molecular weight excluding hydrogens is 274 g/mol. The number of sulfonamides is 1. The quantitative estimate of drug-likeness (QED) is 0.597. The monoisotopic (exact) mass is 299 g/mol. The minimum atomic E-state index is -3.24. The maximum Gasteiger partial charge on any atom is 0.210 e. The van der Waals surface area contributed by atoms with E-state index in [9.17, 15) is 8.42 Å². The lowest BCUT2D eigenvalue weighted by Crippen LogP contribution is -2.48. The van der Waals surface area contributed by atoms with Crippen LogP contribution in [-0.2, 0) is 10.0 Å². The Morgan fingerprint density at radius 3 is 2.45 bits per heavy atom. The number of aryl methyl sites for hydroxylation is 1. The molecule has 1 aromatic rings. The smallest absolute Gasteiger partial charge is 0.210 e. The average molecular weight is 299 g/mol. The van der Waals surface area contributed by atoms with E-state index in [2.05, 4.69) is 9.62 Å². The Balaban J connectivity index is 3.08. The Morgan fingerprint density at radius 1 is 1.35 bits per heavy atom. The van der Waals surface area contributed by atoms with Crippen LogP contribution < -0.4 is 15.4 Å². The van der Waals surface area contributed by atoms with Gasteiger partial charge in [-0.05, 0) is 44.0 Å². The third-order valence-electron chi connectivity index (χ3n) is 3.21. The average Bonchev–Trinajstić information content (AvgIpc) is 2.33. The van der Waals surface area contributed by atoms with Gasteiger partial charge in [-0.2, -0.15) is 4.72 Å². The van der Waals surface area contributed by atoms with E-state index in [1.807, 2.05) is 39.0 Å². The highest BCUT2D eigenvalue weighted by molar-refractivity contribution is 7.88. The van der Waals surface area contributed by atoms with Crippen molar-refractivity contribution in [3.05, 3.63) is 23.8 Å². The highest BCUT2D eigenvalue weighted by Crippen LogP contribution is 2.23. The normalized spacial score (nSPS) is 13.2. The molecule has 0 spiro atoms. The highest BCUT2D eigenvalue weighted by atomic mass is 32.2. The zero-order valence-corrected chi connectivity index (χ0v) is 13.5. The third-order valence-corrected chi connectivity index (χ3v) is 3.91. The molecule has 0 heterocycles.